The molecule has 0 spiro atoms. The fraction of sp³-hybridized carbons (Fsp3) is 0.200. The smallest absolute Gasteiger partial charge is 0.205 e. The van der Waals surface area contributed by atoms with Gasteiger partial charge >= 0.3 is 0 Å². The summed E-state index contributed by atoms with van der Waals surface area (Å²) in [5.41, 5.74) is 1.14. The van der Waals surface area contributed by atoms with Crippen molar-refractivity contribution in [2.45, 2.75) is 13.5 Å². The molecule has 1 aromatic carbocycles. The van der Waals surface area contributed by atoms with Gasteiger partial charge in [0.2, 0.25) is 5.13 Å². The zero-order chi connectivity index (χ0) is 11.5. The van der Waals surface area contributed by atoms with Gasteiger partial charge in [0.15, 0.2) is 0 Å². The zero-order valence-electron chi connectivity index (χ0n) is 8.50. The van der Waals surface area contributed by atoms with E-state index < -0.39 is 0 Å². The van der Waals surface area contributed by atoms with Gasteiger partial charge in [-0.25, -0.2) is 0 Å². The third kappa shape index (κ3) is 2.93. The Bertz CT molecular complexity index is 501. The lowest BCUT2D eigenvalue weighted by atomic mass is 10.2. The summed E-state index contributed by atoms with van der Waals surface area (Å²) in [5.74, 6) is 0. The Labute approximate surface area is 111 Å². The molecule has 6 heteroatoms. The lowest BCUT2D eigenvalue weighted by molar-refractivity contribution is 1.02. The molecule has 0 saturated carbocycles. The van der Waals surface area contributed by atoms with E-state index in [9.17, 15) is 0 Å². The molecular formula is C10H9BrClN3S. The second kappa shape index (κ2) is 5.12. The van der Waals surface area contributed by atoms with Gasteiger partial charge in [0, 0.05) is 11.0 Å². The number of halogens is 2. The van der Waals surface area contributed by atoms with Gasteiger partial charge in [-0.05, 0) is 40.5 Å². The number of aromatic nitrogens is 2. The monoisotopic (exact) mass is 317 g/mol. The number of benzene rings is 1. The lowest BCUT2D eigenvalue weighted by Gasteiger charge is -2.03. The van der Waals surface area contributed by atoms with Crippen LogP contribution in [0.1, 0.15) is 10.6 Å². The molecule has 0 unspecified atom stereocenters. The lowest BCUT2D eigenvalue weighted by Crippen LogP contribution is -1.98. The highest BCUT2D eigenvalue weighted by Gasteiger charge is 2.01. The summed E-state index contributed by atoms with van der Waals surface area (Å²) in [6.45, 7) is 2.64. The van der Waals surface area contributed by atoms with Crippen LogP contribution in [0, 0.1) is 6.92 Å². The van der Waals surface area contributed by atoms with Crippen LogP contribution >= 0.6 is 38.9 Å². The molecule has 0 saturated heterocycles. The number of hydrogen-bond donors (Lipinski definition) is 1. The molecule has 0 bridgehead atoms. The van der Waals surface area contributed by atoms with Crippen molar-refractivity contribution in [1.29, 1.82) is 0 Å². The highest BCUT2D eigenvalue weighted by molar-refractivity contribution is 9.10. The van der Waals surface area contributed by atoms with E-state index in [1.165, 1.54) is 0 Å². The van der Waals surface area contributed by atoms with Gasteiger partial charge in [-0.1, -0.05) is 29.0 Å². The Morgan fingerprint density at radius 2 is 2.25 bits per heavy atom. The Hall–Kier alpha value is -0.650. The minimum atomic E-state index is 0.713. The third-order valence-electron chi connectivity index (χ3n) is 1.95. The molecule has 0 aliphatic heterocycles. The van der Waals surface area contributed by atoms with E-state index in [0.717, 1.165) is 25.2 Å². The number of aryl methyl sites for hydroxylation is 1. The van der Waals surface area contributed by atoms with Crippen molar-refractivity contribution in [1.82, 2.24) is 10.2 Å². The highest BCUT2D eigenvalue weighted by atomic mass is 79.9. The fourth-order valence-electron chi connectivity index (χ4n) is 1.20. The van der Waals surface area contributed by atoms with Crippen LogP contribution < -0.4 is 5.32 Å². The van der Waals surface area contributed by atoms with E-state index in [0.29, 0.717) is 6.54 Å². The molecule has 1 aromatic heterocycles. The maximum Gasteiger partial charge on any atom is 0.205 e. The SMILES string of the molecule is Cc1nnc(NCc2ccc(Cl)c(Br)c2)s1. The van der Waals surface area contributed by atoms with E-state index in [1.54, 1.807) is 11.3 Å². The van der Waals surface area contributed by atoms with E-state index >= 15 is 0 Å². The Morgan fingerprint density at radius 1 is 1.44 bits per heavy atom. The molecule has 0 radical (unpaired) electrons. The third-order valence-corrected chi connectivity index (χ3v) is 3.96. The van der Waals surface area contributed by atoms with Gasteiger partial charge in [0.1, 0.15) is 5.01 Å². The predicted molar refractivity (Wildman–Crippen MR) is 71.1 cm³/mol. The van der Waals surface area contributed by atoms with Crippen molar-refractivity contribution in [3.63, 3.8) is 0 Å². The molecule has 16 heavy (non-hydrogen) atoms. The Balaban J connectivity index is 2.02. The summed E-state index contributed by atoms with van der Waals surface area (Å²) in [5, 5.41) is 13.6. The van der Waals surface area contributed by atoms with E-state index in [-0.39, 0.29) is 0 Å². The number of anilines is 1. The molecule has 1 N–H and O–H groups in total. The number of nitrogens with one attached hydrogen (secondary N) is 1. The molecule has 0 atom stereocenters. The maximum absolute atomic E-state index is 5.91. The number of rotatable bonds is 3. The first kappa shape index (κ1) is 11.8. The predicted octanol–water partition coefficient (Wildman–Crippen LogP) is 3.87. The average Bonchev–Trinajstić information content (AvgIpc) is 2.66. The minimum Gasteiger partial charge on any atom is -0.356 e. The van der Waals surface area contributed by atoms with Gasteiger partial charge < -0.3 is 5.32 Å². The van der Waals surface area contributed by atoms with Gasteiger partial charge in [0.25, 0.3) is 0 Å². The van der Waals surface area contributed by atoms with Gasteiger partial charge in [-0.15, -0.1) is 10.2 Å². The molecule has 2 rings (SSSR count). The quantitative estimate of drug-likeness (QED) is 0.933. The highest BCUT2D eigenvalue weighted by Crippen LogP contribution is 2.24. The van der Waals surface area contributed by atoms with Crippen LogP contribution in [0.3, 0.4) is 0 Å². The summed E-state index contributed by atoms with van der Waals surface area (Å²) in [6, 6.07) is 5.84. The molecule has 3 nitrogen and oxygen atoms in total. The summed E-state index contributed by atoms with van der Waals surface area (Å²) in [7, 11) is 0. The van der Waals surface area contributed by atoms with Crippen LogP contribution in [-0.4, -0.2) is 10.2 Å². The van der Waals surface area contributed by atoms with Crippen LogP contribution in [0.25, 0.3) is 0 Å². The van der Waals surface area contributed by atoms with E-state index in [1.807, 2.05) is 25.1 Å². The van der Waals surface area contributed by atoms with Crippen LogP contribution in [0.15, 0.2) is 22.7 Å². The van der Waals surface area contributed by atoms with Crippen molar-refractivity contribution in [3.8, 4) is 0 Å². The van der Waals surface area contributed by atoms with Crippen LogP contribution in [0.2, 0.25) is 5.02 Å². The van der Waals surface area contributed by atoms with E-state index in [4.69, 9.17) is 11.6 Å². The van der Waals surface area contributed by atoms with Crippen molar-refractivity contribution < 1.29 is 0 Å². The number of hydrogen-bond acceptors (Lipinski definition) is 4. The fourth-order valence-corrected chi connectivity index (χ4v) is 2.33. The van der Waals surface area contributed by atoms with E-state index in [2.05, 4.69) is 31.4 Å². The topological polar surface area (TPSA) is 37.8 Å². The molecule has 84 valence electrons. The summed E-state index contributed by atoms with van der Waals surface area (Å²) in [6.07, 6.45) is 0. The first-order chi connectivity index (χ1) is 7.65. The molecule has 0 aliphatic rings. The first-order valence-corrected chi connectivity index (χ1v) is 6.62. The molecule has 1 heterocycles. The van der Waals surface area contributed by atoms with Crippen molar-refractivity contribution in [2.75, 3.05) is 5.32 Å². The van der Waals surface area contributed by atoms with Crippen molar-refractivity contribution in [3.05, 3.63) is 38.3 Å². The van der Waals surface area contributed by atoms with Crippen LogP contribution in [0.4, 0.5) is 5.13 Å². The minimum absolute atomic E-state index is 0.713. The van der Waals surface area contributed by atoms with Gasteiger partial charge in [-0.2, -0.15) is 0 Å². The normalized spacial score (nSPS) is 10.4. The van der Waals surface area contributed by atoms with Crippen LogP contribution in [-0.2, 0) is 6.54 Å². The number of nitrogens with zero attached hydrogens (tertiary/aromatic N) is 2. The van der Waals surface area contributed by atoms with Crippen LogP contribution in [0.5, 0.6) is 0 Å². The standard InChI is InChI=1S/C10H9BrClN3S/c1-6-14-15-10(16-6)13-5-7-2-3-9(12)8(11)4-7/h2-4H,5H2,1H3,(H,13,15). The Morgan fingerprint density at radius 3 is 2.88 bits per heavy atom. The first-order valence-electron chi connectivity index (χ1n) is 4.63. The molecule has 0 amide bonds. The van der Waals surface area contributed by atoms with Crippen molar-refractivity contribution >= 4 is 44.0 Å². The second-order valence-corrected chi connectivity index (χ2v) is 5.67. The largest absolute Gasteiger partial charge is 0.356 e. The summed E-state index contributed by atoms with van der Waals surface area (Å²) >= 11 is 10.8. The van der Waals surface area contributed by atoms with Gasteiger partial charge in [0.05, 0.1) is 5.02 Å². The molecule has 0 aliphatic carbocycles. The molecule has 2 aromatic rings. The molecule has 0 fully saturated rings. The molecular weight excluding hydrogens is 310 g/mol. The summed E-state index contributed by atoms with van der Waals surface area (Å²) in [4.78, 5) is 0. The van der Waals surface area contributed by atoms with Crippen molar-refractivity contribution in [2.24, 2.45) is 0 Å². The second-order valence-electron chi connectivity index (χ2n) is 3.23. The maximum atomic E-state index is 5.91. The average molecular weight is 319 g/mol. The zero-order valence-corrected chi connectivity index (χ0v) is 11.7. The summed E-state index contributed by atoms with van der Waals surface area (Å²) < 4.78 is 0.905. The Kier molecular flexibility index (Phi) is 3.78. The van der Waals surface area contributed by atoms with Gasteiger partial charge in [-0.3, -0.25) is 0 Å².